The van der Waals surface area contributed by atoms with Gasteiger partial charge in [-0.2, -0.15) is 0 Å². The fourth-order valence-corrected chi connectivity index (χ4v) is 4.50. The number of aryl methyl sites for hydroxylation is 1. The molecule has 0 saturated carbocycles. The molecular formula is C18H30IN7O2S. The lowest BCUT2D eigenvalue weighted by molar-refractivity contribution is 0.306. The normalized spacial score (nSPS) is 16.6. The number of fused-ring (bicyclic) bond motifs is 1. The third-order valence-corrected chi connectivity index (χ3v) is 6.91. The minimum atomic E-state index is -3.09. The highest BCUT2D eigenvalue weighted by Gasteiger charge is 2.26. The molecule has 0 radical (unpaired) electrons. The molecule has 0 amide bonds. The van der Waals surface area contributed by atoms with E-state index in [1.165, 1.54) is 0 Å². The van der Waals surface area contributed by atoms with E-state index in [0.29, 0.717) is 13.1 Å². The van der Waals surface area contributed by atoms with Crippen LogP contribution >= 0.6 is 24.0 Å². The third kappa shape index (κ3) is 6.25. The molecule has 11 heteroatoms. The molecule has 2 aromatic heterocycles. The molecule has 9 nitrogen and oxygen atoms in total. The quantitative estimate of drug-likeness (QED) is 0.240. The van der Waals surface area contributed by atoms with Gasteiger partial charge in [-0.25, -0.2) is 12.7 Å². The van der Waals surface area contributed by atoms with Crippen molar-refractivity contribution in [3.05, 3.63) is 30.2 Å². The second-order valence-corrected chi connectivity index (χ2v) is 9.12. The number of aliphatic imine (C=N–C) groups is 1. The number of guanidine groups is 1. The maximum absolute atomic E-state index is 12.0. The fraction of sp³-hybridized carbons (Fsp3) is 0.611. The third-order valence-electron chi connectivity index (χ3n) is 5.03. The van der Waals surface area contributed by atoms with Crippen LogP contribution in [-0.4, -0.2) is 71.8 Å². The number of nitrogens with one attached hydrogen (secondary N) is 2. The number of pyridine rings is 1. The lowest BCUT2D eigenvalue weighted by Crippen LogP contribution is -2.50. The Kier molecular flexibility index (Phi) is 9.08. The smallest absolute Gasteiger partial charge is 0.213 e. The SMILES string of the molecule is CCS(=O)(=O)N1CCC(NC(=NC)NCCCc2nnc3ccccn23)CC1.I. The molecule has 1 aliphatic rings. The Morgan fingerprint density at radius 3 is 2.72 bits per heavy atom. The first-order chi connectivity index (χ1) is 13.5. The molecule has 0 atom stereocenters. The molecule has 1 aliphatic heterocycles. The van der Waals surface area contributed by atoms with Gasteiger partial charge in [-0.3, -0.25) is 9.39 Å². The molecular weight excluding hydrogens is 505 g/mol. The van der Waals surface area contributed by atoms with Gasteiger partial charge in [0, 0.05) is 45.3 Å². The van der Waals surface area contributed by atoms with Gasteiger partial charge in [0.15, 0.2) is 11.6 Å². The summed E-state index contributed by atoms with van der Waals surface area (Å²) in [7, 11) is -1.34. The maximum Gasteiger partial charge on any atom is 0.213 e. The average Bonchev–Trinajstić information content (AvgIpc) is 3.14. The van der Waals surface area contributed by atoms with Crippen LogP contribution < -0.4 is 10.6 Å². The van der Waals surface area contributed by atoms with Crippen molar-refractivity contribution in [3.8, 4) is 0 Å². The Balaban J connectivity index is 0.00000300. The van der Waals surface area contributed by atoms with Crippen molar-refractivity contribution in [2.24, 2.45) is 4.99 Å². The zero-order chi connectivity index (χ0) is 20.0. The topological polar surface area (TPSA) is 104 Å². The van der Waals surface area contributed by atoms with Crippen LogP contribution in [0, 0.1) is 0 Å². The van der Waals surface area contributed by atoms with Gasteiger partial charge in [0.25, 0.3) is 0 Å². The maximum atomic E-state index is 12.0. The van der Waals surface area contributed by atoms with Crippen LogP contribution in [0.4, 0.5) is 0 Å². The molecule has 162 valence electrons. The molecule has 0 aromatic carbocycles. The van der Waals surface area contributed by atoms with E-state index in [2.05, 4.69) is 25.8 Å². The Hall–Kier alpha value is -1.47. The van der Waals surface area contributed by atoms with Gasteiger partial charge >= 0.3 is 0 Å². The van der Waals surface area contributed by atoms with E-state index in [1.54, 1.807) is 18.3 Å². The van der Waals surface area contributed by atoms with E-state index in [9.17, 15) is 8.42 Å². The van der Waals surface area contributed by atoms with Gasteiger partial charge in [-0.15, -0.1) is 34.2 Å². The van der Waals surface area contributed by atoms with Gasteiger partial charge in [0.1, 0.15) is 5.82 Å². The molecule has 2 aromatic rings. The van der Waals surface area contributed by atoms with Crippen LogP contribution in [-0.2, 0) is 16.4 Å². The van der Waals surface area contributed by atoms with Crippen LogP contribution in [0.5, 0.6) is 0 Å². The van der Waals surface area contributed by atoms with Crippen LogP contribution in [0.2, 0.25) is 0 Å². The predicted octanol–water partition coefficient (Wildman–Crippen LogP) is 1.26. The minimum absolute atomic E-state index is 0. The summed E-state index contributed by atoms with van der Waals surface area (Å²) >= 11 is 0. The van der Waals surface area contributed by atoms with Gasteiger partial charge in [0.2, 0.25) is 10.0 Å². The molecule has 0 bridgehead atoms. The van der Waals surface area contributed by atoms with E-state index in [1.807, 2.05) is 28.8 Å². The first kappa shape index (κ1) is 23.8. The van der Waals surface area contributed by atoms with Crippen molar-refractivity contribution in [2.45, 2.75) is 38.6 Å². The van der Waals surface area contributed by atoms with Gasteiger partial charge in [-0.05, 0) is 38.3 Å². The number of sulfonamides is 1. The lowest BCUT2D eigenvalue weighted by Gasteiger charge is -2.32. The first-order valence-corrected chi connectivity index (χ1v) is 11.4. The molecule has 0 aliphatic carbocycles. The Bertz CT molecular complexity index is 908. The summed E-state index contributed by atoms with van der Waals surface area (Å²) < 4.78 is 27.5. The highest BCUT2D eigenvalue weighted by Crippen LogP contribution is 2.14. The first-order valence-electron chi connectivity index (χ1n) is 9.77. The summed E-state index contributed by atoms with van der Waals surface area (Å²) in [5.41, 5.74) is 0.861. The van der Waals surface area contributed by atoms with Crippen molar-refractivity contribution in [1.82, 2.24) is 29.5 Å². The largest absolute Gasteiger partial charge is 0.356 e. The van der Waals surface area contributed by atoms with Crippen molar-refractivity contribution >= 4 is 45.6 Å². The fourth-order valence-electron chi connectivity index (χ4n) is 3.36. The second-order valence-electron chi connectivity index (χ2n) is 6.87. The van der Waals surface area contributed by atoms with E-state index >= 15 is 0 Å². The number of nitrogens with zero attached hydrogens (tertiary/aromatic N) is 5. The molecule has 0 spiro atoms. The molecule has 29 heavy (non-hydrogen) atoms. The number of hydrogen-bond acceptors (Lipinski definition) is 5. The number of aromatic nitrogens is 3. The van der Waals surface area contributed by atoms with Gasteiger partial charge in [-0.1, -0.05) is 6.07 Å². The molecule has 1 saturated heterocycles. The predicted molar refractivity (Wildman–Crippen MR) is 125 cm³/mol. The summed E-state index contributed by atoms with van der Waals surface area (Å²) in [6.07, 6.45) is 5.27. The summed E-state index contributed by atoms with van der Waals surface area (Å²) in [6, 6.07) is 6.10. The zero-order valence-corrected chi connectivity index (χ0v) is 20.1. The van der Waals surface area contributed by atoms with Gasteiger partial charge < -0.3 is 10.6 Å². The van der Waals surface area contributed by atoms with Gasteiger partial charge in [0.05, 0.1) is 5.75 Å². The van der Waals surface area contributed by atoms with Crippen molar-refractivity contribution in [2.75, 3.05) is 32.4 Å². The van der Waals surface area contributed by atoms with Crippen molar-refractivity contribution < 1.29 is 8.42 Å². The van der Waals surface area contributed by atoms with Crippen molar-refractivity contribution in [1.29, 1.82) is 0 Å². The Labute approximate surface area is 189 Å². The molecule has 3 heterocycles. The van der Waals surface area contributed by atoms with Crippen molar-refractivity contribution in [3.63, 3.8) is 0 Å². The lowest BCUT2D eigenvalue weighted by atomic mass is 10.1. The van der Waals surface area contributed by atoms with Crippen LogP contribution in [0.1, 0.15) is 32.0 Å². The Morgan fingerprint density at radius 2 is 2.03 bits per heavy atom. The van der Waals surface area contributed by atoms with E-state index in [4.69, 9.17) is 0 Å². The highest BCUT2D eigenvalue weighted by molar-refractivity contribution is 14.0. The van der Waals surface area contributed by atoms with E-state index in [0.717, 1.165) is 49.7 Å². The number of halogens is 1. The number of piperidine rings is 1. The molecule has 3 rings (SSSR count). The second kappa shape index (κ2) is 11.1. The van der Waals surface area contributed by atoms with E-state index in [-0.39, 0.29) is 35.8 Å². The van der Waals surface area contributed by atoms with E-state index < -0.39 is 10.0 Å². The summed E-state index contributed by atoms with van der Waals surface area (Å²) in [6.45, 7) is 3.58. The highest BCUT2D eigenvalue weighted by atomic mass is 127. The summed E-state index contributed by atoms with van der Waals surface area (Å²) in [4.78, 5) is 4.28. The van der Waals surface area contributed by atoms with Crippen LogP contribution in [0.25, 0.3) is 5.65 Å². The Morgan fingerprint density at radius 1 is 1.28 bits per heavy atom. The summed E-state index contributed by atoms with van der Waals surface area (Å²) in [5.74, 6) is 1.86. The monoisotopic (exact) mass is 535 g/mol. The number of hydrogen-bond donors (Lipinski definition) is 2. The number of rotatable bonds is 7. The molecule has 1 fully saturated rings. The standard InChI is InChI=1S/C18H29N7O2S.HI/c1-3-28(26,27)24-13-9-15(10-14-24)21-18(19-2)20-11-6-8-17-23-22-16-7-4-5-12-25(16)17;/h4-5,7,12,15H,3,6,8-11,13-14H2,1-2H3,(H2,19,20,21);1H. The van der Waals surface area contributed by atoms with Crippen LogP contribution in [0.3, 0.4) is 0 Å². The van der Waals surface area contributed by atoms with Crippen LogP contribution in [0.15, 0.2) is 29.4 Å². The molecule has 0 unspecified atom stereocenters. The average molecular weight is 535 g/mol. The summed E-state index contributed by atoms with van der Waals surface area (Å²) in [5, 5.41) is 15.1. The molecule has 2 N–H and O–H groups in total. The minimum Gasteiger partial charge on any atom is -0.356 e. The zero-order valence-electron chi connectivity index (χ0n) is 16.9.